The number of thioether (sulfide) groups is 1. The van der Waals surface area contributed by atoms with Gasteiger partial charge in [-0.25, -0.2) is 0 Å². The van der Waals surface area contributed by atoms with E-state index in [9.17, 15) is 9.59 Å². The van der Waals surface area contributed by atoms with Crippen LogP contribution in [0.2, 0.25) is 0 Å². The molecule has 0 aromatic heterocycles. The van der Waals surface area contributed by atoms with Crippen molar-refractivity contribution in [3.8, 4) is 0 Å². The first-order valence-electron chi connectivity index (χ1n) is 9.83. The Morgan fingerprint density at radius 1 is 1.00 bits per heavy atom. The largest absolute Gasteiger partial charge is 0.356 e. The Labute approximate surface area is 180 Å². The fourth-order valence-electron chi connectivity index (χ4n) is 3.40. The van der Waals surface area contributed by atoms with Gasteiger partial charge in [0.1, 0.15) is 0 Å². The van der Waals surface area contributed by atoms with Gasteiger partial charge in [-0.1, -0.05) is 18.2 Å². The summed E-state index contributed by atoms with van der Waals surface area (Å²) in [6.45, 7) is 3.98. The molecule has 1 aliphatic rings. The van der Waals surface area contributed by atoms with E-state index in [2.05, 4.69) is 10.6 Å². The van der Waals surface area contributed by atoms with Gasteiger partial charge in [-0.2, -0.15) is 0 Å². The SMILES string of the molecule is CC(C)N(C(=O)c1ccc2c(c1)NC(=O)CS2)c1ccc(Nc2ccccc2)cc1. The number of nitrogens with one attached hydrogen (secondary N) is 2. The Morgan fingerprint density at radius 2 is 1.70 bits per heavy atom. The number of para-hydroxylation sites is 1. The van der Waals surface area contributed by atoms with Crippen LogP contribution in [-0.2, 0) is 4.79 Å². The van der Waals surface area contributed by atoms with E-state index in [4.69, 9.17) is 0 Å². The predicted molar refractivity (Wildman–Crippen MR) is 124 cm³/mol. The third-order valence-electron chi connectivity index (χ3n) is 4.80. The minimum Gasteiger partial charge on any atom is -0.356 e. The molecule has 0 unspecified atom stereocenters. The van der Waals surface area contributed by atoms with E-state index in [1.54, 1.807) is 11.0 Å². The predicted octanol–water partition coefficient (Wildman–Crippen LogP) is 5.53. The van der Waals surface area contributed by atoms with Crippen LogP contribution >= 0.6 is 11.8 Å². The van der Waals surface area contributed by atoms with Crippen molar-refractivity contribution in [2.24, 2.45) is 0 Å². The number of rotatable bonds is 5. The van der Waals surface area contributed by atoms with Crippen molar-refractivity contribution in [1.29, 1.82) is 0 Å². The average molecular weight is 418 g/mol. The molecule has 1 heterocycles. The monoisotopic (exact) mass is 417 g/mol. The molecular formula is C24H23N3O2S. The molecule has 2 N–H and O–H groups in total. The summed E-state index contributed by atoms with van der Waals surface area (Å²) in [5, 5.41) is 6.21. The Morgan fingerprint density at radius 3 is 2.40 bits per heavy atom. The zero-order valence-electron chi connectivity index (χ0n) is 16.9. The summed E-state index contributed by atoms with van der Waals surface area (Å²) in [6.07, 6.45) is 0. The van der Waals surface area contributed by atoms with Crippen molar-refractivity contribution < 1.29 is 9.59 Å². The molecule has 2 amide bonds. The van der Waals surface area contributed by atoms with Crippen molar-refractivity contribution in [1.82, 2.24) is 0 Å². The quantitative estimate of drug-likeness (QED) is 0.573. The van der Waals surface area contributed by atoms with Crippen LogP contribution in [0.5, 0.6) is 0 Å². The highest BCUT2D eigenvalue weighted by Gasteiger charge is 2.23. The van der Waals surface area contributed by atoms with Crippen LogP contribution in [0.25, 0.3) is 0 Å². The maximum absolute atomic E-state index is 13.3. The number of amides is 2. The molecule has 0 spiro atoms. The fraction of sp³-hybridized carbons (Fsp3) is 0.167. The molecule has 0 atom stereocenters. The van der Waals surface area contributed by atoms with Gasteiger partial charge in [-0.05, 0) is 68.4 Å². The van der Waals surface area contributed by atoms with Crippen molar-refractivity contribution in [2.45, 2.75) is 24.8 Å². The second-order valence-electron chi connectivity index (χ2n) is 7.35. The number of benzene rings is 3. The summed E-state index contributed by atoms with van der Waals surface area (Å²) < 4.78 is 0. The third kappa shape index (κ3) is 4.33. The summed E-state index contributed by atoms with van der Waals surface area (Å²) in [7, 11) is 0. The van der Waals surface area contributed by atoms with Crippen LogP contribution in [0.1, 0.15) is 24.2 Å². The van der Waals surface area contributed by atoms with Gasteiger partial charge in [-0.3, -0.25) is 9.59 Å². The smallest absolute Gasteiger partial charge is 0.258 e. The molecule has 0 aliphatic carbocycles. The Hall–Kier alpha value is -3.25. The van der Waals surface area contributed by atoms with E-state index in [0.717, 1.165) is 22.0 Å². The van der Waals surface area contributed by atoms with Crippen molar-refractivity contribution in [2.75, 3.05) is 21.3 Å². The lowest BCUT2D eigenvalue weighted by Crippen LogP contribution is -2.37. The summed E-state index contributed by atoms with van der Waals surface area (Å²) >= 11 is 1.49. The van der Waals surface area contributed by atoms with Crippen LogP contribution in [0.3, 0.4) is 0 Å². The van der Waals surface area contributed by atoms with Gasteiger partial charge in [0.15, 0.2) is 0 Å². The summed E-state index contributed by atoms with van der Waals surface area (Å²) in [5.74, 6) is 0.266. The van der Waals surface area contributed by atoms with Crippen molar-refractivity contribution in [3.63, 3.8) is 0 Å². The molecule has 6 heteroatoms. The van der Waals surface area contributed by atoms with Gasteiger partial charge in [0, 0.05) is 33.6 Å². The van der Waals surface area contributed by atoms with Crippen LogP contribution in [-0.4, -0.2) is 23.6 Å². The first kappa shape index (κ1) is 20.0. The number of anilines is 4. The molecule has 5 nitrogen and oxygen atoms in total. The molecule has 0 saturated heterocycles. The second kappa shape index (κ2) is 8.63. The zero-order valence-corrected chi connectivity index (χ0v) is 17.7. The highest BCUT2D eigenvalue weighted by atomic mass is 32.2. The van der Waals surface area contributed by atoms with Gasteiger partial charge >= 0.3 is 0 Å². The molecule has 0 bridgehead atoms. The van der Waals surface area contributed by atoms with E-state index < -0.39 is 0 Å². The molecule has 1 aliphatic heterocycles. The van der Waals surface area contributed by atoms with E-state index in [1.807, 2.05) is 80.6 Å². The normalized spacial score (nSPS) is 12.8. The molecule has 4 rings (SSSR count). The molecule has 0 radical (unpaired) electrons. The van der Waals surface area contributed by atoms with Crippen molar-refractivity contribution in [3.05, 3.63) is 78.4 Å². The van der Waals surface area contributed by atoms with Gasteiger partial charge in [0.05, 0.1) is 11.4 Å². The summed E-state index contributed by atoms with van der Waals surface area (Å²) in [4.78, 5) is 27.8. The highest BCUT2D eigenvalue weighted by Crippen LogP contribution is 2.33. The van der Waals surface area contributed by atoms with Gasteiger partial charge in [0.2, 0.25) is 5.91 Å². The minimum absolute atomic E-state index is 0.0227. The number of carbonyl (C=O) groups is 2. The average Bonchev–Trinajstić information content (AvgIpc) is 2.75. The van der Waals surface area contributed by atoms with E-state index in [-0.39, 0.29) is 17.9 Å². The highest BCUT2D eigenvalue weighted by molar-refractivity contribution is 8.00. The number of fused-ring (bicyclic) bond motifs is 1. The first-order chi connectivity index (χ1) is 14.5. The van der Waals surface area contributed by atoms with Crippen LogP contribution < -0.4 is 15.5 Å². The van der Waals surface area contributed by atoms with Gasteiger partial charge < -0.3 is 15.5 Å². The molecule has 3 aromatic carbocycles. The maximum atomic E-state index is 13.3. The molecule has 152 valence electrons. The molecular weight excluding hydrogens is 394 g/mol. The zero-order chi connectivity index (χ0) is 21.1. The molecule has 0 fully saturated rings. The van der Waals surface area contributed by atoms with Crippen LogP contribution in [0.4, 0.5) is 22.7 Å². The topological polar surface area (TPSA) is 61.4 Å². The third-order valence-corrected chi connectivity index (χ3v) is 5.88. The maximum Gasteiger partial charge on any atom is 0.258 e. The number of hydrogen-bond acceptors (Lipinski definition) is 4. The molecule has 0 saturated carbocycles. The summed E-state index contributed by atoms with van der Waals surface area (Å²) in [5.41, 5.74) is 4.04. The summed E-state index contributed by atoms with van der Waals surface area (Å²) in [6, 6.07) is 23.2. The lowest BCUT2D eigenvalue weighted by atomic mass is 10.1. The Bertz CT molecular complexity index is 1070. The fourth-order valence-corrected chi connectivity index (χ4v) is 4.19. The number of hydrogen-bond donors (Lipinski definition) is 2. The Balaban J connectivity index is 1.57. The van der Waals surface area contributed by atoms with Gasteiger partial charge in [-0.15, -0.1) is 11.8 Å². The molecule has 30 heavy (non-hydrogen) atoms. The first-order valence-corrected chi connectivity index (χ1v) is 10.8. The van der Waals surface area contributed by atoms with Crippen molar-refractivity contribution >= 4 is 46.3 Å². The molecule has 3 aromatic rings. The minimum atomic E-state index is -0.0959. The van der Waals surface area contributed by atoms with E-state index in [0.29, 0.717) is 17.0 Å². The van der Waals surface area contributed by atoms with Crippen LogP contribution in [0.15, 0.2) is 77.7 Å². The van der Waals surface area contributed by atoms with Gasteiger partial charge in [0.25, 0.3) is 5.91 Å². The lowest BCUT2D eigenvalue weighted by molar-refractivity contribution is -0.113. The number of nitrogens with zero attached hydrogens (tertiary/aromatic N) is 1. The van der Waals surface area contributed by atoms with E-state index in [1.165, 1.54) is 11.8 Å². The standard InChI is InChI=1S/C24H23N3O2S/c1-16(2)27(20-11-9-19(10-12-20)25-18-6-4-3-5-7-18)24(29)17-8-13-22-21(14-17)26-23(28)15-30-22/h3-14,16,25H,15H2,1-2H3,(H,26,28). The van der Waals surface area contributed by atoms with E-state index >= 15 is 0 Å². The second-order valence-corrected chi connectivity index (χ2v) is 8.37. The lowest BCUT2D eigenvalue weighted by Gasteiger charge is -2.28. The number of carbonyl (C=O) groups excluding carboxylic acids is 2. The van der Waals surface area contributed by atoms with Crippen LogP contribution in [0, 0.1) is 0 Å². The Kier molecular flexibility index (Phi) is 5.77.